The quantitative estimate of drug-likeness (QED) is 0.320. The van der Waals surface area contributed by atoms with Crippen molar-refractivity contribution in [3.8, 4) is 0 Å². The molecule has 2 fully saturated rings. The van der Waals surface area contributed by atoms with Crippen molar-refractivity contribution in [3.05, 3.63) is 91.9 Å². The smallest absolute Gasteiger partial charge is 0.238 e. The van der Waals surface area contributed by atoms with E-state index in [1.54, 1.807) is 34.1 Å². The van der Waals surface area contributed by atoms with Crippen LogP contribution in [0.15, 0.2) is 60.7 Å². The van der Waals surface area contributed by atoms with Gasteiger partial charge in [-0.15, -0.1) is 23.5 Å². The minimum absolute atomic E-state index is 0.0613. The van der Waals surface area contributed by atoms with Gasteiger partial charge in [-0.05, 0) is 36.4 Å². The molecule has 2 atom stereocenters. The Labute approximate surface area is 225 Å². The fourth-order valence-corrected chi connectivity index (χ4v) is 7.67. The standard InChI is InChI=1S/C24H16Cl4N2O2S2/c25-13-5-7-15(17(27)9-13)23-29(21(31)11-33-23)19-3-1-2-4-20(19)30-22(32)12-34-24(30)16-8-6-14(26)10-18(16)28/h1-10,23-24H,11-12H2. The maximum Gasteiger partial charge on any atom is 0.238 e. The normalized spacial score (nSPS) is 20.5. The molecule has 10 heteroatoms. The van der Waals surface area contributed by atoms with Crippen molar-refractivity contribution in [3.63, 3.8) is 0 Å². The summed E-state index contributed by atoms with van der Waals surface area (Å²) in [5, 5.41) is 1.33. The van der Waals surface area contributed by atoms with E-state index < -0.39 is 0 Å². The number of carbonyl (C=O) groups excluding carboxylic acids is 2. The van der Waals surface area contributed by atoms with Crippen LogP contribution in [0, 0.1) is 0 Å². The highest BCUT2D eigenvalue weighted by Gasteiger charge is 2.41. The summed E-state index contributed by atoms with van der Waals surface area (Å²) in [6.07, 6.45) is 0. The number of nitrogens with zero attached hydrogens (tertiary/aromatic N) is 2. The van der Waals surface area contributed by atoms with Gasteiger partial charge < -0.3 is 0 Å². The largest absolute Gasteiger partial charge is 0.293 e. The van der Waals surface area contributed by atoms with Crippen LogP contribution in [0.1, 0.15) is 21.9 Å². The molecule has 0 N–H and O–H groups in total. The first-order valence-electron chi connectivity index (χ1n) is 10.2. The number of para-hydroxylation sites is 2. The lowest BCUT2D eigenvalue weighted by atomic mass is 10.1. The molecule has 4 nitrogen and oxygen atoms in total. The number of amides is 2. The summed E-state index contributed by atoms with van der Waals surface area (Å²) in [7, 11) is 0. The van der Waals surface area contributed by atoms with E-state index in [1.165, 1.54) is 23.5 Å². The molecule has 2 amide bonds. The van der Waals surface area contributed by atoms with Crippen LogP contribution in [-0.4, -0.2) is 23.3 Å². The van der Waals surface area contributed by atoms with Gasteiger partial charge in [-0.1, -0.05) is 70.7 Å². The molecule has 0 aromatic heterocycles. The third-order valence-electron chi connectivity index (χ3n) is 5.59. The maximum atomic E-state index is 13.1. The summed E-state index contributed by atoms with van der Waals surface area (Å²) >= 11 is 28.2. The predicted octanol–water partition coefficient (Wildman–Crippen LogP) is 7.86. The van der Waals surface area contributed by atoms with Crippen LogP contribution in [0.4, 0.5) is 11.4 Å². The van der Waals surface area contributed by atoms with Gasteiger partial charge in [0, 0.05) is 31.2 Å². The minimum Gasteiger partial charge on any atom is -0.293 e. The number of hydrogen-bond acceptors (Lipinski definition) is 4. The molecule has 3 aromatic carbocycles. The number of anilines is 2. The topological polar surface area (TPSA) is 40.6 Å². The van der Waals surface area contributed by atoms with Crippen LogP contribution in [-0.2, 0) is 9.59 Å². The first-order valence-corrected chi connectivity index (χ1v) is 13.8. The lowest BCUT2D eigenvalue weighted by Gasteiger charge is -2.32. The van der Waals surface area contributed by atoms with Crippen LogP contribution >= 0.6 is 69.9 Å². The number of thioether (sulfide) groups is 2. The third kappa shape index (κ3) is 4.41. The Bertz CT molecular complexity index is 1210. The van der Waals surface area contributed by atoms with Gasteiger partial charge in [0.15, 0.2) is 0 Å². The molecule has 0 spiro atoms. The average Bonchev–Trinajstić information content (AvgIpc) is 3.36. The third-order valence-corrected chi connectivity index (χ3v) is 9.11. The molecule has 2 saturated heterocycles. The Morgan fingerprint density at radius 1 is 0.647 bits per heavy atom. The van der Waals surface area contributed by atoms with Crippen LogP contribution in [0.2, 0.25) is 20.1 Å². The van der Waals surface area contributed by atoms with Crippen LogP contribution < -0.4 is 9.80 Å². The highest BCUT2D eigenvalue weighted by molar-refractivity contribution is 8.01. The highest BCUT2D eigenvalue weighted by Crippen LogP contribution is 2.51. The summed E-state index contributed by atoms with van der Waals surface area (Å²) in [5.74, 6) is 0.475. The van der Waals surface area contributed by atoms with Gasteiger partial charge in [0.1, 0.15) is 10.7 Å². The monoisotopic (exact) mass is 568 g/mol. The molecular formula is C24H16Cl4N2O2S2. The lowest BCUT2D eigenvalue weighted by molar-refractivity contribution is -0.116. The number of benzene rings is 3. The van der Waals surface area contributed by atoms with Crippen molar-refractivity contribution in [2.75, 3.05) is 21.3 Å². The first-order chi connectivity index (χ1) is 16.3. The Hall–Kier alpha value is -1.54. The summed E-state index contributed by atoms with van der Waals surface area (Å²) in [6.45, 7) is 0. The van der Waals surface area contributed by atoms with Gasteiger partial charge in [-0.25, -0.2) is 0 Å². The van der Waals surface area contributed by atoms with E-state index >= 15 is 0 Å². The number of carbonyl (C=O) groups is 2. The Kier molecular flexibility index (Phi) is 7.00. The van der Waals surface area contributed by atoms with E-state index in [4.69, 9.17) is 46.4 Å². The molecule has 34 heavy (non-hydrogen) atoms. The Morgan fingerprint density at radius 3 is 1.44 bits per heavy atom. The first kappa shape index (κ1) is 24.2. The molecule has 2 heterocycles. The molecule has 0 radical (unpaired) electrons. The average molecular weight is 570 g/mol. The van der Waals surface area contributed by atoms with Gasteiger partial charge in [-0.3, -0.25) is 19.4 Å². The fraction of sp³-hybridized carbons (Fsp3) is 0.167. The van der Waals surface area contributed by atoms with Crippen molar-refractivity contribution >= 4 is 93.1 Å². The Morgan fingerprint density at radius 2 is 1.06 bits per heavy atom. The molecule has 2 aliphatic rings. The lowest BCUT2D eigenvalue weighted by Crippen LogP contribution is -2.33. The van der Waals surface area contributed by atoms with Gasteiger partial charge in [-0.2, -0.15) is 0 Å². The second-order valence-electron chi connectivity index (χ2n) is 7.67. The summed E-state index contributed by atoms with van der Waals surface area (Å²) < 4.78 is 0. The van der Waals surface area contributed by atoms with E-state index in [2.05, 4.69) is 0 Å². The van der Waals surface area contributed by atoms with Crippen molar-refractivity contribution in [2.45, 2.75) is 10.7 Å². The predicted molar refractivity (Wildman–Crippen MR) is 145 cm³/mol. The van der Waals surface area contributed by atoms with Crippen molar-refractivity contribution in [1.82, 2.24) is 0 Å². The minimum atomic E-state index is -0.346. The molecule has 0 saturated carbocycles. The van der Waals surface area contributed by atoms with Gasteiger partial charge >= 0.3 is 0 Å². The Balaban J connectivity index is 1.60. The van der Waals surface area contributed by atoms with Crippen LogP contribution in [0.25, 0.3) is 0 Å². The molecule has 0 bridgehead atoms. The molecular weight excluding hydrogens is 554 g/mol. The molecule has 3 aromatic rings. The molecule has 0 aliphatic carbocycles. The second-order valence-corrected chi connectivity index (χ2v) is 11.5. The molecule has 174 valence electrons. The number of hydrogen-bond donors (Lipinski definition) is 0. The fourth-order valence-electron chi connectivity index (χ4n) is 4.10. The zero-order chi connectivity index (χ0) is 24.0. The van der Waals surface area contributed by atoms with Crippen molar-refractivity contribution in [1.29, 1.82) is 0 Å². The molecule has 2 unspecified atom stereocenters. The molecule has 2 aliphatic heterocycles. The van der Waals surface area contributed by atoms with Crippen LogP contribution in [0.5, 0.6) is 0 Å². The van der Waals surface area contributed by atoms with Crippen molar-refractivity contribution < 1.29 is 9.59 Å². The van der Waals surface area contributed by atoms with E-state index in [9.17, 15) is 9.59 Å². The van der Waals surface area contributed by atoms with E-state index in [-0.39, 0.29) is 22.6 Å². The van der Waals surface area contributed by atoms with Gasteiger partial charge in [0.05, 0.1) is 22.9 Å². The highest BCUT2D eigenvalue weighted by atomic mass is 35.5. The molecule has 5 rings (SSSR count). The summed E-state index contributed by atoms with van der Waals surface area (Å²) in [5.41, 5.74) is 2.85. The van der Waals surface area contributed by atoms with Crippen LogP contribution in [0.3, 0.4) is 0 Å². The number of halogens is 4. The zero-order valence-electron chi connectivity index (χ0n) is 17.4. The van der Waals surface area contributed by atoms with E-state index in [0.29, 0.717) is 43.0 Å². The zero-order valence-corrected chi connectivity index (χ0v) is 22.0. The number of rotatable bonds is 4. The SMILES string of the molecule is O=C1CSC(c2ccc(Cl)cc2Cl)N1c1ccccc1N1C(=O)CSC1c1ccc(Cl)cc1Cl. The maximum absolute atomic E-state index is 13.1. The second kappa shape index (κ2) is 9.84. The van der Waals surface area contributed by atoms with Gasteiger partial charge in [0.2, 0.25) is 11.8 Å². The van der Waals surface area contributed by atoms with Crippen molar-refractivity contribution in [2.24, 2.45) is 0 Å². The van der Waals surface area contributed by atoms with E-state index in [0.717, 1.165) is 11.1 Å². The summed E-state index contributed by atoms with van der Waals surface area (Å²) in [4.78, 5) is 29.7. The summed E-state index contributed by atoms with van der Waals surface area (Å²) in [6, 6.07) is 18.0. The van der Waals surface area contributed by atoms with E-state index in [1.807, 2.05) is 36.4 Å². The van der Waals surface area contributed by atoms with Gasteiger partial charge in [0.25, 0.3) is 0 Å².